The molecule has 1 atom stereocenters. The lowest BCUT2D eigenvalue weighted by Gasteiger charge is -2.12. The van der Waals surface area contributed by atoms with E-state index in [1.54, 1.807) is 0 Å². The van der Waals surface area contributed by atoms with Crippen LogP contribution < -0.4 is 16.6 Å². The fraction of sp³-hybridized carbons (Fsp3) is 0.400. The van der Waals surface area contributed by atoms with Crippen molar-refractivity contribution in [3.8, 4) is 0 Å². The highest BCUT2D eigenvalue weighted by molar-refractivity contribution is 5.83. The smallest absolute Gasteiger partial charge is 0.331 e. The third kappa shape index (κ3) is 3.52. The van der Waals surface area contributed by atoms with Crippen molar-refractivity contribution in [2.75, 3.05) is 6.61 Å². The van der Waals surface area contributed by atoms with Crippen LogP contribution in [0.2, 0.25) is 0 Å². The molecule has 0 aliphatic carbocycles. The minimum absolute atomic E-state index is 0.448. The zero-order chi connectivity index (χ0) is 14.6. The third-order valence-corrected chi connectivity index (χ3v) is 2.39. The van der Waals surface area contributed by atoms with Crippen LogP contribution in [-0.4, -0.2) is 43.9 Å². The highest BCUT2D eigenvalue weighted by atomic mass is 16.4. The molecule has 1 amide bonds. The molecule has 1 aromatic heterocycles. The van der Waals surface area contributed by atoms with E-state index < -0.39 is 42.3 Å². The van der Waals surface area contributed by atoms with Crippen LogP contribution in [-0.2, 0) is 23.2 Å². The molecule has 0 fully saturated rings. The molecule has 19 heavy (non-hydrogen) atoms. The molecule has 0 aliphatic heterocycles. The maximum Gasteiger partial charge on any atom is 0.331 e. The Kier molecular flexibility index (Phi) is 4.59. The molecule has 1 rings (SSSR count). The van der Waals surface area contributed by atoms with Gasteiger partial charge in [-0.25, -0.2) is 9.59 Å². The van der Waals surface area contributed by atoms with Crippen LogP contribution in [0, 0.1) is 0 Å². The Morgan fingerprint density at radius 1 is 1.42 bits per heavy atom. The molecule has 0 saturated heterocycles. The Labute approximate surface area is 106 Å². The van der Waals surface area contributed by atoms with Crippen LogP contribution >= 0.6 is 0 Å². The number of hydrogen-bond acceptors (Lipinski definition) is 5. The van der Waals surface area contributed by atoms with Crippen molar-refractivity contribution in [1.29, 1.82) is 0 Å². The first kappa shape index (κ1) is 14.6. The summed E-state index contributed by atoms with van der Waals surface area (Å²) in [4.78, 5) is 44.8. The van der Waals surface area contributed by atoms with Gasteiger partial charge >= 0.3 is 11.7 Å². The minimum atomic E-state index is -1.43. The van der Waals surface area contributed by atoms with E-state index in [-0.39, 0.29) is 0 Å². The molecule has 104 valence electrons. The largest absolute Gasteiger partial charge is 0.480 e. The number of nitrogens with zero attached hydrogens (tertiary/aromatic N) is 2. The Morgan fingerprint density at radius 2 is 2.05 bits per heavy atom. The number of carboxylic acids is 1. The molecular weight excluding hydrogens is 258 g/mol. The summed E-state index contributed by atoms with van der Waals surface area (Å²) in [5.41, 5.74) is -1.21. The molecule has 9 heteroatoms. The van der Waals surface area contributed by atoms with Crippen molar-refractivity contribution in [2.45, 2.75) is 12.6 Å². The van der Waals surface area contributed by atoms with Crippen molar-refractivity contribution in [1.82, 2.24) is 14.5 Å². The highest BCUT2D eigenvalue weighted by Gasteiger charge is 2.19. The molecule has 9 nitrogen and oxygen atoms in total. The topological polar surface area (TPSA) is 131 Å². The van der Waals surface area contributed by atoms with Crippen LogP contribution in [0.3, 0.4) is 0 Å². The van der Waals surface area contributed by atoms with Crippen molar-refractivity contribution < 1.29 is 19.8 Å². The first-order valence-electron chi connectivity index (χ1n) is 5.26. The van der Waals surface area contributed by atoms with Gasteiger partial charge in [0.25, 0.3) is 5.56 Å². The van der Waals surface area contributed by atoms with Crippen molar-refractivity contribution in [3.63, 3.8) is 0 Å². The molecule has 0 radical (unpaired) electrons. The molecule has 3 N–H and O–H groups in total. The number of aliphatic hydroxyl groups is 1. The summed E-state index contributed by atoms with van der Waals surface area (Å²) >= 11 is 0. The SMILES string of the molecule is Cn1c(=O)ccn(CC(=O)N[C@H](CO)C(=O)O)c1=O. The average Bonchev–Trinajstić information content (AvgIpc) is 2.36. The predicted molar refractivity (Wildman–Crippen MR) is 62.6 cm³/mol. The van der Waals surface area contributed by atoms with Gasteiger partial charge in [-0.15, -0.1) is 0 Å². The van der Waals surface area contributed by atoms with Gasteiger partial charge in [-0.3, -0.25) is 18.7 Å². The summed E-state index contributed by atoms with van der Waals surface area (Å²) in [6.45, 7) is -1.21. The summed E-state index contributed by atoms with van der Waals surface area (Å²) in [5, 5.41) is 19.4. The van der Waals surface area contributed by atoms with E-state index in [0.29, 0.717) is 0 Å². The van der Waals surface area contributed by atoms with Gasteiger partial charge in [-0.1, -0.05) is 0 Å². The number of aliphatic hydroxyl groups excluding tert-OH is 1. The molecule has 0 spiro atoms. The number of aliphatic carboxylic acids is 1. The lowest BCUT2D eigenvalue weighted by Crippen LogP contribution is -2.46. The number of rotatable bonds is 5. The number of carboxylic acid groups (broad SMARTS) is 1. The first-order valence-corrected chi connectivity index (χ1v) is 5.26. The zero-order valence-corrected chi connectivity index (χ0v) is 10.1. The molecule has 0 saturated carbocycles. The van der Waals surface area contributed by atoms with Crippen molar-refractivity contribution in [3.05, 3.63) is 33.1 Å². The summed E-state index contributed by atoms with van der Waals surface area (Å²) in [7, 11) is 1.26. The Morgan fingerprint density at radius 3 is 2.58 bits per heavy atom. The quantitative estimate of drug-likeness (QED) is 0.527. The molecule has 0 aromatic carbocycles. The molecule has 1 heterocycles. The van der Waals surface area contributed by atoms with E-state index in [4.69, 9.17) is 10.2 Å². The number of carbonyl (C=O) groups is 2. The van der Waals surface area contributed by atoms with Crippen LogP contribution in [0.15, 0.2) is 21.9 Å². The third-order valence-electron chi connectivity index (χ3n) is 2.39. The summed E-state index contributed by atoms with van der Waals surface area (Å²) in [6, 6.07) is -0.328. The Bertz CT molecular complexity index is 602. The lowest BCUT2D eigenvalue weighted by molar-refractivity contribution is -0.143. The monoisotopic (exact) mass is 271 g/mol. The summed E-state index contributed by atoms with van der Waals surface area (Å²) in [6.07, 6.45) is 1.14. The van der Waals surface area contributed by atoms with Gasteiger partial charge in [-0.2, -0.15) is 0 Å². The van der Waals surface area contributed by atoms with Crippen LogP contribution in [0.25, 0.3) is 0 Å². The number of carbonyl (C=O) groups excluding carboxylic acids is 1. The van der Waals surface area contributed by atoms with E-state index in [2.05, 4.69) is 0 Å². The lowest BCUT2D eigenvalue weighted by atomic mass is 10.3. The molecule has 0 unspecified atom stereocenters. The molecule has 1 aromatic rings. The van der Waals surface area contributed by atoms with Gasteiger partial charge < -0.3 is 15.5 Å². The molecular formula is C10H13N3O6. The van der Waals surface area contributed by atoms with Gasteiger partial charge in [0.2, 0.25) is 5.91 Å². The second kappa shape index (κ2) is 5.96. The van der Waals surface area contributed by atoms with E-state index in [1.807, 2.05) is 5.32 Å². The first-order chi connectivity index (χ1) is 8.86. The van der Waals surface area contributed by atoms with Gasteiger partial charge in [0, 0.05) is 19.3 Å². The van der Waals surface area contributed by atoms with Gasteiger partial charge in [0.05, 0.1) is 6.61 Å². The van der Waals surface area contributed by atoms with E-state index in [9.17, 15) is 19.2 Å². The van der Waals surface area contributed by atoms with Gasteiger partial charge in [0.15, 0.2) is 0 Å². The van der Waals surface area contributed by atoms with Crippen LogP contribution in [0.1, 0.15) is 0 Å². The minimum Gasteiger partial charge on any atom is -0.480 e. The number of nitrogens with one attached hydrogen (secondary N) is 1. The summed E-state index contributed by atoms with van der Waals surface area (Å²) in [5.74, 6) is -2.15. The number of aromatic nitrogens is 2. The van der Waals surface area contributed by atoms with Crippen LogP contribution in [0.5, 0.6) is 0 Å². The summed E-state index contributed by atoms with van der Waals surface area (Å²) < 4.78 is 1.76. The van der Waals surface area contributed by atoms with E-state index in [0.717, 1.165) is 21.4 Å². The Balaban J connectivity index is 2.84. The number of amides is 1. The van der Waals surface area contributed by atoms with Gasteiger partial charge in [0.1, 0.15) is 12.6 Å². The van der Waals surface area contributed by atoms with Crippen LogP contribution in [0.4, 0.5) is 0 Å². The van der Waals surface area contributed by atoms with Gasteiger partial charge in [-0.05, 0) is 0 Å². The fourth-order valence-corrected chi connectivity index (χ4v) is 1.32. The van der Waals surface area contributed by atoms with E-state index in [1.165, 1.54) is 7.05 Å². The predicted octanol–water partition coefficient (Wildman–Crippen LogP) is -2.89. The maximum absolute atomic E-state index is 11.6. The second-order valence-electron chi connectivity index (χ2n) is 3.76. The van der Waals surface area contributed by atoms with Crippen molar-refractivity contribution >= 4 is 11.9 Å². The van der Waals surface area contributed by atoms with E-state index >= 15 is 0 Å². The normalized spacial score (nSPS) is 11.9. The zero-order valence-electron chi connectivity index (χ0n) is 10.1. The average molecular weight is 271 g/mol. The Hall–Kier alpha value is -2.42. The molecule has 0 aliphatic rings. The number of hydrogen-bond donors (Lipinski definition) is 3. The standard InChI is InChI=1S/C10H13N3O6/c1-12-8(16)2-3-13(10(12)19)4-7(15)11-6(5-14)9(17)18/h2-3,6,14H,4-5H2,1H3,(H,11,15)(H,17,18)/t6-/m1/s1. The molecule has 0 bridgehead atoms. The maximum atomic E-state index is 11.6. The van der Waals surface area contributed by atoms with Crippen molar-refractivity contribution in [2.24, 2.45) is 7.05 Å². The second-order valence-corrected chi connectivity index (χ2v) is 3.76. The fourth-order valence-electron chi connectivity index (χ4n) is 1.32. The highest BCUT2D eigenvalue weighted by Crippen LogP contribution is 1.85.